The summed E-state index contributed by atoms with van der Waals surface area (Å²) in [6.07, 6.45) is 0.838. The molecule has 2 rings (SSSR count). The maximum atomic E-state index is 12.1. The SMILES string of the molecule is CCc1cc(C(=O)NCC(c2ccccc2)N(C)C)n[nH]1. The molecule has 1 atom stereocenters. The standard InChI is InChI=1S/C16H22N4O/c1-4-13-10-14(19-18-13)16(21)17-11-15(20(2)3)12-8-6-5-7-9-12/h5-10,15H,4,11H2,1-3H3,(H,17,21)(H,18,19). The monoisotopic (exact) mass is 286 g/mol. The molecule has 1 amide bonds. The smallest absolute Gasteiger partial charge is 0.271 e. The van der Waals surface area contributed by atoms with Gasteiger partial charge in [0.15, 0.2) is 0 Å². The van der Waals surface area contributed by atoms with Gasteiger partial charge in [0.05, 0.1) is 6.04 Å². The van der Waals surface area contributed by atoms with E-state index in [1.54, 1.807) is 6.07 Å². The van der Waals surface area contributed by atoms with Crippen molar-refractivity contribution in [2.45, 2.75) is 19.4 Å². The first-order valence-electron chi connectivity index (χ1n) is 7.15. The molecule has 1 aromatic heterocycles. The lowest BCUT2D eigenvalue weighted by atomic mass is 10.1. The van der Waals surface area contributed by atoms with Crippen molar-refractivity contribution < 1.29 is 4.79 Å². The van der Waals surface area contributed by atoms with Gasteiger partial charge in [-0.1, -0.05) is 37.3 Å². The number of hydrogen-bond acceptors (Lipinski definition) is 3. The zero-order valence-electron chi connectivity index (χ0n) is 12.8. The largest absolute Gasteiger partial charge is 0.349 e. The Morgan fingerprint density at radius 2 is 2.05 bits per heavy atom. The number of H-pyrrole nitrogens is 1. The van der Waals surface area contributed by atoms with Crippen LogP contribution in [-0.2, 0) is 6.42 Å². The molecule has 112 valence electrons. The Kier molecular flexibility index (Phi) is 5.11. The van der Waals surface area contributed by atoms with Gasteiger partial charge in [-0.25, -0.2) is 0 Å². The Labute approximate surface area is 125 Å². The molecule has 1 unspecified atom stereocenters. The van der Waals surface area contributed by atoms with E-state index in [0.717, 1.165) is 12.1 Å². The number of aryl methyl sites for hydroxylation is 1. The van der Waals surface area contributed by atoms with Gasteiger partial charge in [0.25, 0.3) is 5.91 Å². The number of carbonyl (C=O) groups excluding carboxylic acids is 1. The van der Waals surface area contributed by atoms with Crippen molar-refractivity contribution >= 4 is 5.91 Å². The first-order valence-corrected chi connectivity index (χ1v) is 7.15. The second-order valence-electron chi connectivity index (χ2n) is 5.23. The van der Waals surface area contributed by atoms with Gasteiger partial charge in [0.1, 0.15) is 5.69 Å². The molecule has 5 nitrogen and oxygen atoms in total. The van der Waals surface area contributed by atoms with Crippen LogP contribution in [0.1, 0.15) is 34.7 Å². The molecule has 0 aliphatic carbocycles. The van der Waals surface area contributed by atoms with Crippen molar-refractivity contribution in [3.8, 4) is 0 Å². The van der Waals surface area contributed by atoms with Crippen LogP contribution in [0.5, 0.6) is 0 Å². The highest BCUT2D eigenvalue weighted by molar-refractivity contribution is 5.92. The van der Waals surface area contributed by atoms with Gasteiger partial charge in [0, 0.05) is 12.2 Å². The number of carbonyl (C=O) groups is 1. The Bertz CT molecular complexity index is 577. The van der Waals surface area contributed by atoms with Gasteiger partial charge in [0.2, 0.25) is 0 Å². The zero-order valence-corrected chi connectivity index (χ0v) is 12.8. The molecule has 0 saturated carbocycles. The summed E-state index contributed by atoms with van der Waals surface area (Å²) >= 11 is 0. The summed E-state index contributed by atoms with van der Waals surface area (Å²) in [6.45, 7) is 2.57. The number of benzene rings is 1. The average Bonchev–Trinajstić information content (AvgIpc) is 2.97. The number of rotatable bonds is 6. The van der Waals surface area contributed by atoms with Crippen molar-refractivity contribution in [2.75, 3.05) is 20.6 Å². The van der Waals surface area contributed by atoms with Gasteiger partial charge in [-0.15, -0.1) is 0 Å². The van der Waals surface area contributed by atoms with E-state index in [4.69, 9.17) is 0 Å². The van der Waals surface area contributed by atoms with Crippen LogP contribution in [0.25, 0.3) is 0 Å². The lowest BCUT2D eigenvalue weighted by molar-refractivity contribution is 0.0937. The summed E-state index contributed by atoms with van der Waals surface area (Å²) in [5.41, 5.74) is 2.59. The predicted octanol–water partition coefficient (Wildman–Crippen LogP) is 2.00. The van der Waals surface area contributed by atoms with E-state index < -0.39 is 0 Å². The third-order valence-electron chi connectivity index (χ3n) is 3.51. The highest BCUT2D eigenvalue weighted by atomic mass is 16.1. The molecule has 21 heavy (non-hydrogen) atoms. The Morgan fingerprint density at radius 3 is 2.62 bits per heavy atom. The van der Waals surface area contributed by atoms with Crippen LogP contribution in [0.3, 0.4) is 0 Å². The van der Waals surface area contributed by atoms with E-state index in [0.29, 0.717) is 12.2 Å². The summed E-state index contributed by atoms with van der Waals surface area (Å²) in [6, 6.07) is 12.1. The maximum Gasteiger partial charge on any atom is 0.271 e. The highest BCUT2D eigenvalue weighted by Crippen LogP contribution is 2.16. The molecule has 0 radical (unpaired) electrons. The minimum absolute atomic E-state index is 0.139. The van der Waals surface area contributed by atoms with E-state index in [1.165, 1.54) is 5.56 Å². The molecule has 1 aromatic carbocycles. The van der Waals surface area contributed by atoms with Crippen LogP contribution in [0.2, 0.25) is 0 Å². The zero-order chi connectivity index (χ0) is 15.2. The van der Waals surface area contributed by atoms with Crippen molar-refractivity contribution in [3.63, 3.8) is 0 Å². The Balaban J connectivity index is 2.00. The summed E-state index contributed by atoms with van der Waals surface area (Å²) in [4.78, 5) is 14.2. The summed E-state index contributed by atoms with van der Waals surface area (Å²) in [7, 11) is 4.01. The quantitative estimate of drug-likeness (QED) is 0.854. The molecule has 0 spiro atoms. The molecule has 2 aromatic rings. The molecule has 2 N–H and O–H groups in total. The van der Waals surface area contributed by atoms with Gasteiger partial charge in [-0.05, 0) is 32.1 Å². The van der Waals surface area contributed by atoms with Crippen molar-refractivity contribution in [3.05, 3.63) is 53.3 Å². The third-order valence-corrected chi connectivity index (χ3v) is 3.51. The van der Waals surface area contributed by atoms with E-state index in [9.17, 15) is 4.79 Å². The lowest BCUT2D eigenvalue weighted by Gasteiger charge is -2.24. The van der Waals surface area contributed by atoms with E-state index in [1.807, 2.05) is 39.2 Å². The number of aromatic amines is 1. The van der Waals surface area contributed by atoms with Crippen molar-refractivity contribution in [2.24, 2.45) is 0 Å². The Morgan fingerprint density at radius 1 is 1.33 bits per heavy atom. The van der Waals surface area contributed by atoms with Gasteiger partial charge >= 0.3 is 0 Å². The molecule has 0 aliphatic heterocycles. The maximum absolute atomic E-state index is 12.1. The molecular formula is C16H22N4O. The minimum atomic E-state index is -0.145. The normalized spacial score (nSPS) is 12.4. The molecular weight excluding hydrogens is 264 g/mol. The fourth-order valence-electron chi connectivity index (χ4n) is 2.21. The molecule has 0 bridgehead atoms. The summed E-state index contributed by atoms with van der Waals surface area (Å²) < 4.78 is 0. The lowest BCUT2D eigenvalue weighted by Crippen LogP contribution is -2.34. The average molecular weight is 286 g/mol. The van der Waals surface area contributed by atoms with E-state index in [-0.39, 0.29) is 11.9 Å². The number of likely N-dealkylation sites (N-methyl/N-ethyl adjacent to an activating group) is 1. The van der Waals surface area contributed by atoms with Crippen molar-refractivity contribution in [1.29, 1.82) is 0 Å². The van der Waals surface area contributed by atoms with Crippen LogP contribution in [0.15, 0.2) is 36.4 Å². The first-order chi connectivity index (χ1) is 10.1. The topological polar surface area (TPSA) is 61.0 Å². The number of aromatic nitrogens is 2. The van der Waals surface area contributed by atoms with Gasteiger partial charge in [-0.3, -0.25) is 9.89 Å². The fraction of sp³-hybridized carbons (Fsp3) is 0.375. The number of nitrogens with one attached hydrogen (secondary N) is 2. The highest BCUT2D eigenvalue weighted by Gasteiger charge is 2.16. The second-order valence-corrected chi connectivity index (χ2v) is 5.23. The van der Waals surface area contributed by atoms with Crippen LogP contribution >= 0.6 is 0 Å². The van der Waals surface area contributed by atoms with Crippen LogP contribution in [0, 0.1) is 0 Å². The van der Waals surface area contributed by atoms with E-state index >= 15 is 0 Å². The van der Waals surface area contributed by atoms with Gasteiger partial charge < -0.3 is 10.2 Å². The minimum Gasteiger partial charge on any atom is -0.349 e. The first kappa shape index (κ1) is 15.3. The Hall–Kier alpha value is -2.14. The molecule has 0 fully saturated rings. The van der Waals surface area contributed by atoms with Crippen LogP contribution < -0.4 is 5.32 Å². The fourth-order valence-corrected chi connectivity index (χ4v) is 2.21. The molecule has 5 heteroatoms. The van der Waals surface area contributed by atoms with Crippen LogP contribution in [0.4, 0.5) is 0 Å². The predicted molar refractivity (Wildman–Crippen MR) is 83.2 cm³/mol. The third kappa shape index (κ3) is 3.92. The molecule has 0 saturated heterocycles. The summed E-state index contributed by atoms with van der Waals surface area (Å²) in [5.74, 6) is -0.145. The van der Waals surface area contributed by atoms with Crippen LogP contribution in [-0.4, -0.2) is 41.6 Å². The summed E-state index contributed by atoms with van der Waals surface area (Å²) in [5, 5.41) is 9.84. The van der Waals surface area contributed by atoms with E-state index in [2.05, 4.69) is 32.5 Å². The molecule has 0 aliphatic rings. The number of amides is 1. The van der Waals surface area contributed by atoms with Gasteiger partial charge in [-0.2, -0.15) is 5.10 Å². The van der Waals surface area contributed by atoms with Crippen molar-refractivity contribution in [1.82, 2.24) is 20.4 Å². The number of hydrogen-bond donors (Lipinski definition) is 2. The second kappa shape index (κ2) is 7.04. The number of nitrogens with zero attached hydrogens (tertiary/aromatic N) is 2. The molecule has 1 heterocycles.